The van der Waals surface area contributed by atoms with E-state index in [0.717, 1.165) is 18.7 Å². The molecule has 1 N–H and O–H groups in total. The number of carbonyl (C=O) groups is 1. The van der Waals surface area contributed by atoms with Gasteiger partial charge in [-0.3, -0.25) is 4.79 Å². The third-order valence-electron chi connectivity index (χ3n) is 4.52. The quantitative estimate of drug-likeness (QED) is 0.828. The van der Waals surface area contributed by atoms with Gasteiger partial charge in [0, 0.05) is 6.20 Å². The molecule has 0 saturated carbocycles. The van der Waals surface area contributed by atoms with Crippen LogP contribution in [0.2, 0.25) is 0 Å². The Labute approximate surface area is 146 Å². The molecule has 1 fully saturated rings. The third kappa shape index (κ3) is 3.32. The van der Waals surface area contributed by atoms with Crippen molar-refractivity contribution >= 4 is 5.97 Å². The molecular weight excluding hydrogens is 320 g/mol. The molecule has 0 aliphatic carbocycles. The van der Waals surface area contributed by atoms with Gasteiger partial charge < -0.3 is 14.8 Å². The number of nitrogens with one attached hydrogen (secondary N) is 1. The smallest absolute Gasteiger partial charge is 0.318 e. The number of pyridine rings is 1. The van der Waals surface area contributed by atoms with Gasteiger partial charge in [0.1, 0.15) is 5.41 Å². The zero-order chi connectivity index (χ0) is 17.7. The van der Waals surface area contributed by atoms with Gasteiger partial charge in [-0.15, -0.1) is 0 Å². The van der Waals surface area contributed by atoms with Gasteiger partial charge in [-0.05, 0) is 57.1 Å². The fourth-order valence-electron chi connectivity index (χ4n) is 3.18. The van der Waals surface area contributed by atoms with Crippen molar-refractivity contribution in [2.45, 2.75) is 25.2 Å². The van der Waals surface area contributed by atoms with Crippen LogP contribution in [-0.2, 0) is 14.9 Å². The van der Waals surface area contributed by atoms with E-state index in [1.54, 1.807) is 6.20 Å². The van der Waals surface area contributed by atoms with E-state index in [1.165, 1.54) is 7.11 Å². The highest BCUT2D eigenvalue weighted by atomic mass is 16.5. The minimum atomic E-state index is -0.733. The minimum absolute atomic E-state index is 0.257. The van der Waals surface area contributed by atoms with E-state index < -0.39 is 5.41 Å². The van der Waals surface area contributed by atoms with Crippen molar-refractivity contribution in [2.24, 2.45) is 0 Å². The summed E-state index contributed by atoms with van der Waals surface area (Å²) >= 11 is 0. The predicted molar refractivity (Wildman–Crippen MR) is 92.2 cm³/mol. The number of esters is 1. The summed E-state index contributed by atoms with van der Waals surface area (Å²) in [7, 11) is 1.41. The Morgan fingerprint density at radius 3 is 2.68 bits per heavy atom. The van der Waals surface area contributed by atoms with Crippen LogP contribution in [0.25, 0.3) is 11.3 Å². The SMILES string of the molecule is CCOc1ncccc1-c1ccc(C2(C(=O)OC)CCNCC2)nn1. The number of methoxy groups -OCH3 is 1. The molecular formula is C18H22N4O3. The summed E-state index contributed by atoms with van der Waals surface area (Å²) in [6, 6.07) is 7.43. The normalized spacial score (nSPS) is 16.2. The van der Waals surface area contributed by atoms with Gasteiger partial charge in [0.2, 0.25) is 5.88 Å². The van der Waals surface area contributed by atoms with Gasteiger partial charge in [-0.2, -0.15) is 10.2 Å². The predicted octanol–water partition coefficient (Wildman–Crippen LogP) is 1.73. The standard InChI is InChI=1S/C18H22N4O3/c1-3-25-16-13(5-4-10-20-16)14-6-7-15(22-21-14)18(17(23)24-2)8-11-19-12-9-18/h4-7,10,19H,3,8-9,11-12H2,1-2H3. The lowest BCUT2D eigenvalue weighted by Crippen LogP contribution is -2.46. The number of aromatic nitrogens is 3. The van der Waals surface area contributed by atoms with E-state index in [0.29, 0.717) is 36.7 Å². The molecule has 0 atom stereocenters. The molecule has 0 radical (unpaired) electrons. The molecule has 0 bridgehead atoms. The second-order valence-electron chi connectivity index (χ2n) is 5.92. The molecule has 3 rings (SSSR count). The highest BCUT2D eigenvalue weighted by Gasteiger charge is 2.44. The second-order valence-corrected chi connectivity index (χ2v) is 5.92. The molecule has 1 aliphatic heterocycles. The number of rotatable bonds is 5. The summed E-state index contributed by atoms with van der Waals surface area (Å²) in [6.45, 7) is 3.92. The Morgan fingerprint density at radius 2 is 2.04 bits per heavy atom. The Bertz CT molecular complexity index is 727. The maximum Gasteiger partial charge on any atom is 0.318 e. The summed E-state index contributed by atoms with van der Waals surface area (Å²) in [4.78, 5) is 16.7. The van der Waals surface area contributed by atoms with Crippen LogP contribution in [0.4, 0.5) is 0 Å². The maximum atomic E-state index is 12.4. The molecule has 7 nitrogen and oxygen atoms in total. The first-order chi connectivity index (χ1) is 12.2. The lowest BCUT2D eigenvalue weighted by Gasteiger charge is -2.33. The molecule has 0 spiro atoms. The number of hydrogen-bond acceptors (Lipinski definition) is 7. The molecule has 25 heavy (non-hydrogen) atoms. The van der Waals surface area contributed by atoms with Gasteiger partial charge in [0.05, 0.1) is 30.7 Å². The van der Waals surface area contributed by atoms with E-state index in [9.17, 15) is 4.79 Å². The maximum absolute atomic E-state index is 12.4. The monoisotopic (exact) mass is 342 g/mol. The molecule has 132 valence electrons. The van der Waals surface area contributed by atoms with Crippen LogP contribution in [-0.4, -0.2) is 48.0 Å². The minimum Gasteiger partial charge on any atom is -0.477 e. The van der Waals surface area contributed by atoms with Crippen LogP contribution in [0.15, 0.2) is 30.5 Å². The lowest BCUT2D eigenvalue weighted by atomic mass is 9.76. The van der Waals surface area contributed by atoms with E-state index >= 15 is 0 Å². The average molecular weight is 342 g/mol. The van der Waals surface area contributed by atoms with Crippen molar-refractivity contribution in [2.75, 3.05) is 26.8 Å². The van der Waals surface area contributed by atoms with E-state index in [2.05, 4.69) is 20.5 Å². The van der Waals surface area contributed by atoms with E-state index in [1.807, 2.05) is 31.2 Å². The number of piperidine rings is 1. The first kappa shape index (κ1) is 17.3. The molecule has 0 unspecified atom stereocenters. The fraction of sp³-hybridized carbons (Fsp3) is 0.444. The molecule has 2 aromatic heterocycles. The molecule has 7 heteroatoms. The van der Waals surface area contributed by atoms with Crippen molar-refractivity contribution in [3.8, 4) is 17.1 Å². The average Bonchev–Trinajstić information content (AvgIpc) is 2.69. The zero-order valence-corrected chi connectivity index (χ0v) is 14.5. The Balaban J connectivity index is 1.95. The zero-order valence-electron chi connectivity index (χ0n) is 14.5. The number of hydrogen-bond donors (Lipinski definition) is 1. The summed E-state index contributed by atoms with van der Waals surface area (Å²) in [5, 5.41) is 12.0. The van der Waals surface area contributed by atoms with Crippen molar-refractivity contribution in [1.29, 1.82) is 0 Å². The summed E-state index contributed by atoms with van der Waals surface area (Å²) in [6.07, 6.45) is 2.97. The Kier molecular flexibility index (Phi) is 5.23. The van der Waals surface area contributed by atoms with Gasteiger partial charge in [-0.1, -0.05) is 0 Å². The van der Waals surface area contributed by atoms with Crippen LogP contribution in [0.3, 0.4) is 0 Å². The van der Waals surface area contributed by atoms with Crippen molar-refractivity contribution in [3.63, 3.8) is 0 Å². The van der Waals surface area contributed by atoms with E-state index in [4.69, 9.17) is 9.47 Å². The first-order valence-corrected chi connectivity index (χ1v) is 8.43. The molecule has 3 heterocycles. The van der Waals surface area contributed by atoms with Crippen molar-refractivity contribution < 1.29 is 14.3 Å². The number of nitrogens with zero attached hydrogens (tertiary/aromatic N) is 3. The topological polar surface area (TPSA) is 86.2 Å². The Morgan fingerprint density at radius 1 is 1.24 bits per heavy atom. The fourth-order valence-corrected chi connectivity index (χ4v) is 3.18. The highest BCUT2D eigenvalue weighted by molar-refractivity contribution is 5.82. The molecule has 0 amide bonds. The number of ether oxygens (including phenoxy) is 2. The van der Waals surface area contributed by atoms with Crippen LogP contribution in [0.1, 0.15) is 25.5 Å². The Hall–Kier alpha value is -2.54. The third-order valence-corrected chi connectivity index (χ3v) is 4.52. The van der Waals surface area contributed by atoms with Crippen LogP contribution in [0.5, 0.6) is 5.88 Å². The van der Waals surface area contributed by atoms with Gasteiger partial charge >= 0.3 is 5.97 Å². The van der Waals surface area contributed by atoms with Gasteiger partial charge in [-0.25, -0.2) is 4.98 Å². The highest BCUT2D eigenvalue weighted by Crippen LogP contribution is 2.34. The molecule has 1 aliphatic rings. The van der Waals surface area contributed by atoms with Gasteiger partial charge in [0.25, 0.3) is 0 Å². The van der Waals surface area contributed by atoms with Crippen molar-refractivity contribution in [1.82, 2.24) is 20.5 Å². The van der Waals surface area contributed by atoms with Crippen molar-refractivity contribution in [3.05, 3.63) is 36.2 Å². The second kappa shape index (κ2) is 7.57. The molecule has 1 saturated heterocycles. The molecule has 2 aromatic rings. The summed E-state index contributed by atoms with van der Waals surface area (Å²) in [5.74, 6) is 0.268. The lowest BCUT2D eigenvalue weighted by molar-refractivity contribution is -0.149. The van der Waals surface area contributed by atoms with E-state index in [-0.39, 0.29) is 5.97 Å². The number of carbonyl (C=O) groups excluding carboxylic acids is 1. The van der Waals surface area contributed by atoms with Crippen LogP contribution < -0.4 is 10.1 Å². The van der Waals surface area contributed by atoms with Crippen LogP contribution in [0, 0.1) is 0 Å². The molecule has 0 aromatic carbocycles. The first-order valence-electron chi connectivity index (χ1n) is 8.43. The largest absolute Gasteiger partial charge is 0.477 e. The van der Waals surface area contributed by atoms with Gasteiger partial charge in [0.15, 0.2) is 0 Å². The van der Waals surface area contributed by atoms with Crippen LogP contribution >= 0.6 is 0 Å². The summed E-state index contributed by atoms with van der Waals surface area (Å²) in [5.41, 5.74) is 1.35. The summed E-state index contributed by atoms with van der Waals surface area (Å²) < 4.78 is 10.6.